The second kappa shape index (κ2) is 6.60. The van der Waals surface area contributed by atoms with E-state index in [1.54, 1.807) is 0 Å². The minimum atomic E-state index is -3.70. The molecule has 0 heterocycles. The molecule has 1 aliphatic rings. The lowest BCUT2D eigenvalue weighted by molar-refractivity contribution is 0.570. The van der Waals surface area contributed by atoms with Crippen molar-refractivity contribution in [3.63, 3.8) is 0 Å². The lowest BCUT2D eigenvalue weighted by atomic mass is 10.2. The smallest absolute Gasteiger partial charge is 0.240 e. The summed E-state index contributed by atoms with van der Waals surface area (Å²) in [4.78, 5) is -0.0781. The van der Waals surface area contributed by atoms with E-state index >= 15 is 0 Å². The molecule has 0 aromatic heterocycles. The molecule has 1 aromatic rings. The molecule has 0 radical (unpaired) electrons. The van der Waals surface area contributed by atoms with Gasteiger partial charge in [0.15, 0.2) is 0 Å². The van der Waals surface area contributed by atoms with Gasteiger partial charge in [-0.3, -0.25) is 0 Å². The predicted octanol–water partition coefficient (Wildman–Crippen LogP) is 2.52. The number of hydrogen-bond acceptors (Lipinski definition) is 3. The highest BCUT2D eigenvalue weighted by molar-refractivity contribution is 7.89. The zero-order chi connectivity index (χ0) is 15.6. The largest absolute Gasteiger partial charge is 0.313 e. The van der Waals surface area contributed by atoms with E-state index in [1.807, 2.05) is 6.92 Å². The molecule has 0 aliphatic heterocycles. The number of hydrogen-bond donors (Lipinski definition) is 2. The Bertz CT molecular complexity index is 622. The molecule has 2 atom stereocenters. The molecule has 0 saturated heterocycles. The van der Waals surface area contributed by atoms with Gasteiger partial charge in [0.1, 0.15) is 5.82 Å². The second-order valence-corrected chi connectivity index (χ2v) is 7.63. The average molecular weight is 335 g/mol. The number of rotatable bonds is 7. The Kier molecular flexibility index (Phi) is 5.24. The Morgan fingerprint density at radius 1 is 1.43 bits per heavy atom. The van der Waals surface area contributed by atoms with Gasteiger partial charge in [-0.1, -0.05) is 25.4 Å². The maximum absolute atomic E-state index is 13.8. The Labute approximate surface area is 130 Å². The van der Waals surface area contributed by atoms with Crippen molar-refractivity contribution in [1.82, 2.24) is 10.0 Å². The van der Waals surface area contributed by atoms with Crippen LogP contribution >= 0.6 is 11.6 Å². The van der Waals surface area contributed by atoms with Crippen molar-refractivity contribution in [2.45, 2.75) is 31.7 Å². The van der Waals surface area contributed by atoms with Gasteiger partial charge in [-0.05, 0) is 42.5 Å². The molecule has 2 rings (SSSR count). The van der Waals surface area contributed by atoms with E-state index in [9.17, 15) is 12.8 Å². The normalized spacial score (nSPS) is 21.5. The Morgan fingerprint density at radius 3 is 2.67 bits per heavy atom. The van der Waals surface area contributed by atoms with Crippen molar-refractivity contribution in [3.8, 4) is 0 Å². The van der Waals surface area contributed by atoms with Crippen molar-refractivity contribution in [2.24, 2.45) is 11.8 Å². The molecule has 2 unspecified atom stereocenters. The van der Waals surface area contributed by atoms with Gasteiger partial charge in [0.05, 0.1) is 9.92 Å². The molecule has 7 heteroatoms. The van der Waals surface area contributed by atoms with Gasteiger partial charge in [-0.25, -0.2) is 17.5 Å². The first-order valence-corrected chi connectivity index (χ1v) is 8.89. The summed E-state index contributed by atoms with van der Waals surface area (Å²) in [6.07, 6.45) is 1.03. The molecule has 1 fully saturated rings. The Morgan fingerprint density at radius 2 is 2.10 bits per heavy atom. The first-order valence-electron chi connectivity index (χ1n) is 7.03. The number of nitrogens with one attached hydrogen (secondary N) is 2. The molecule has 4 nitrogen and oxygen atoms in total. The van der Waals surface area contributed by atoms with Crippen LogP contribution in [-0.4, -0.2) is 21.5 Å². The van der Waals surface area contributed by atoms with E-state index in [0.717, 1.165) is 12.5 Å². The van der Waals surface area contributed by atoms with Crippen molar-refractivity contribution in [1.29, 1.82) is 0 Å². The maximum Gasteiger partial charge on any atom is 0.240 e. The molecule has 0 amide bonds. The summed E-state index contributed by atoms with van der Waals surface area (Å²) in [7, 11) is -3.70. The molecule has 0 spiro atoms. The van der Waals surface area contributed by atoms with Gasteiger partial charge in [0.25, 0.3) is 0 Å². The molecule has 1 saturated carbocycles. The van der Waals surface area contributed by atoms with Crippen LogP contribution in [0.4, 0.5) is 4.39 Å². The quantitative estimate of drug-likeness (QED) is 0.805. The molecule has 118 valence electrons. The van der Waals surface area contributed by atoms with Gasteiger partial charge in [-0.2, -0.15) is 0 Å². The minimum absolute atomic E-state index is 0.0364. The minimum Gasteiger partial charge on any atom is -0.313 e. The van der Waals surface area contributed by atoms with Crippen LogP contribution in [-0.2, 0) is 16.6 Å². The third kappa shape index (κ3) is 4.16. The Hall–Kier alpha value is -0.690. The molecule has 1 aromatic carbocycles. The average Bonchev–Trinajstić information content (AvgIpc) is 3.14. The van der Waals surface area contributed by atoms with Crippen LogP contribution in [0.3, 0.4) is 0 Å². The molecule has 1 aliphatic carbocycles. The van der Waals surface area contributed by atoms with Crippen LogP contribution in [0.25, 0.3) is 0 Å². The zero-order valence-corrected chi connectivity index (χ0v) is 13.7. The highest BCUT2D eigenvalue weighted by Gasteiger charge is 2.33. The third-order valence-electron chi connectivity index (χ3n) is 3.76. The molecule has 21 heavy (non-hydrogen) atoms. The molecule has 0 bridgehead atoms. The fourth-order valence-electron chi connectivity index (χ4n) is 2.15. The van der Waals surface area contributed by atoms with Crippen LogP contribution in [0.15, 0.2) is 17.0 Å². The lowest BCUT2D eigenvalue weighted by Gasteiger charge is -2.11. The topological polar surface area (TPSA) is 58.2 Å². The van der Waals surface area contributed by atoms with Crippen LogP contribution < -0.4 is 10.0 Å². The van der Waals surface area contributed by atoms with Crippen LogP contribution in [0, 0.1) is 17.7 Å². The van der Waals surface area contributed by atoms with E-state index in [1.165, 1.54) is 6.07 Å². The first kappa shape index (κ1) is 16.7. The number of halogens is 2. The van der Waals surface area contributed by atoms with E-state index in [-0.39, 0.29) is 9.92 Å². The SMILES string of the molecule is CCNCc1cc(S(=O)(=O)NCC2CC2C)cc(F)c1Cl. The summed E-state index contributed by atoms with van der Waals surface area (Å²) in [5, 5.41) is 2.97. The van der Waals surface area contributed by atoms with E-state index in [2.05, 4.69) is 17.0 Å². The predicted molar refractivity (Wildman–Crippen MR) is 81.3 cm³/mol. The monoisotopic (exact) mass is 334 g/mol. The summed E-state index contributed by atoms with van der Waals surface area (Å²) < 4.78 is 40.8. The third-order valence-corrected chi connectivity index (χ3v) is 5.59. The fraction of sp³-hybridized carbons (Fsp3) is 0.571. The van der Waals surface area contributed by atoms with Crippen molar-refractivity contribution < 1.29 is 12.8 Å². The van der Waals surface area contributed by atoms with Crippen LogP contribution in [0.5, 0.6) is 0 Å². The summed E-state index contributed by atoms with van der Waals surface area (Å²) in [6, 6.07) is 2.39. The van der Waals surface area contributed by atoms with Crippen molar-refractivity contribution >= 4 is 21.6 Å². The maximum atomic E-state index is 13.8. The van der Waals surface area contributed by atoms with E-state index in [0.29, 0.717) is 37.0 Å². The fourth-order valence-corrected chi connectivity index (χ4v) is 3.48. The first-order chi connectivity index (χ1) is 9.85. The van der Waals surface area contributed by atoms with Gasteiger partial charge in [0.2, 0.25) is 10.0 Å². The standard InChI is InChI=1S/C14H20ClFN2O2S/c1-3-17-7-11-5-12(6-13(16)14(11)15)21(19,20)18-8-10-4-9(10)2/h5-6,9-10,17-18H,3-4,7-8H2,1-2H3. The zero-order valence-electron chi connectivity index (χ0n) is 12.1. The highest BCUT2D eigenvalue weighted by atomic mass is 35.5. The van der Waals surface area contributed by atoms with Crippen molar-refractivity contribution in [3.05, 3.63) is 28.5 Å². The summed E-state index contributed by atoms with van der Waals surface area (Å²) >= 11 is 5.88. The summed E-state index contributed by atoms with van der Waals surface area (Å²) in [5.74, 6) is 0.226. The van der Waals surface area contributed by atoms with E-state index in [4.69, 9.17) is 11.6 Å². The number of sulfonamides is 1. The highest BCUT2D eigenvalue weighted by Crippen LogP contribution is 2.37. The van der Waals surface area contributed by atoms with Gasteiger partial charge >= 0.3 is 0 Å². The van der Waals surface area contributed by atoms with E-state index < -0.39 is 15.8 Å². The van der Waals surface area contributed by atoms with Gasteiger partial charge in [0, 0.05) is 13.1 Å². The van der Waals surface area contributed by atoms with Gasteiger partial charge in [-0.15, -0.1) is 0 Å². The Balaban J connectivity index is 2.19. The lowest BCUT2D eigenvalue weighted by Crippen LogP contribution is -2.26. The van der Waals surface area contributed by atoms with Crippen LogP contribution in [0.2, 0.25) is 5.02 Å². The van der Waals surface area contributed by atoms with Gasteiger partial charge < -0.3 is 5.32 Å². The molecular weight excluding hydrogens is 315 g/mol. The summed E-state index contributed by atoms with van der Waals surface area (Å²) in [5.41, 5.74) is 0.443. The van der Waals surface area contributed by atoms with Crippen molar-refractivity contribution in [2.75, 3.05) is 13.1 Å². The second-order valence-electron chi connectivity index (χ2n) is 5.48. The summed E-state index contributed by atoms with van der Waals surface area (Å²) in [6.45, 7) is 5.40. The molecule has 2 N–H and O–H groups in total. The molecular formula is C14H20ClFN2O2S. The number of benzene rings is 1. The van der Waals surface area contributed by atoms with Crippen LogP contribution in [0.1, 0.15) is 25.8 Å².